The first-order valence-corrected chi connectivity index (χ1v) is 7.74. The van der Waals surface area contributed by atoms with Gasteiger partial charge in [-0.15, -0.1) is 5.10 Å². The Morgan fingerprint density at radius 3 is 2.87 bits per heavy atom. The summed E-state index contributed by atoms with van der Waals surface area (Å²) in [7, 11) is 0. The van der Waals surface area contributed by atoms with Crippen LogP contribution in [0.25, 0.3) is 5.69 Å². The van der Waals surface area contributed by atoms with Crippen molar-refractivity contribution in [1.29, 1.82) is 0 Å². The molecule has 2 aromatic heterocycles. The molecule has 1 N–H and O–H groups in total. The highest BCUT2D eigenvalue weighted by molar-refractivity contribution is 7.08. The Labute approximate surface area is 135 Å². The largest absolute Gasteiger partial charge is 0.484 e. The van der Waals surface area contributed by atoms with Crippen LogP contribution in [-0.4, -0.2) is 27.5 Å². The van der Waals surface area contributed by atoms with Crippen LogP contribution in [0.4, 0.5) is 4.39 Å². The number of rotatable bonds is 6. The number of hydrogen-bond acceptors (Lipinski definition) is 5. The number of amides is 1. The van der Waals surface area contributed by atoms with Crippen LogP contribution in [0.1, 0.15) is 5.69 Å². The van der Waals surface area contributed by atoms with Crippen molar-refractivity contribution < 1.29 is 13.9 Å². The molecule has 2 heterocycles. The van der Waals surface area contributed by atoms with E-state index in [0.717, 1.165) is 5.69 Å². The number of aromatic nitrogens is 3. The van der Waals surface area contributed by atoms with Crippen molar-refractivity contribution in [1.82, 2.24) is 20.3 Å². The van der Waals surface area contributed by atoms with Gasteiger partial charge >= 0.3 is 0 Å². The van der Waals surface area contributed by atoms with Crippen LogP contribution in [0.15, 0.2) is 47.3 Å². The molecule has 1 amide bonds. The van der Waals surface area contributed by atoms with Crippen molar-refractivity contribution in [3.8, 4) is 11.4 Å². The van der Waals surface area contributed by atoms with Gasteiger partial charge in [-0.3, -0.25) is 4.79 Å². The molecule has 23 heavy (non-hydrogen) atoms. The van der Waals surface area contributed by atoms with Crippen molar-refractivity contribution >= 4 is 17.2 Å². The van der Waals surface area contributed by atoms with Crippen molar-refractivity contribution in [2.75, 3.05) is 6.61 Å². The first-order valence-electron chi connectivity index (χ1n) is 6.79. The highest BCUT2D eigenvalue weighted by atomic mass is 32.1. The molecule has 8 heteroatoms. The fourth-order valence-corrected chi connectivity index (χ4v) is 2.44. The van der Waals surface area contributed by atoms with Crippen molar-refractivity contribution in [3.05, 3.63) is 58.8 Å². The Morgan fingerprint density at radius 2 is 2.13 bits per heavy atom. The van der Waals surface area contributed by atoms with Gasteiger partial charge in [-0.2, -0.15) is 11.3 Å². The minimum atomic E-state index is -0.351. The summed E-state index contributed by atoms with van der Waals surface area (Å²) in [6, 6.07) is 7.41. The molecule has 0 aliphatic heterocycles. The molecule has 0 atom stereocenters. The zero-order valence-corrected chi connectivity index (χ0v) is 12.8. The number of carbonyl (C=O) groups is 1. The summed E-state index contributed by atoms with van der Waals surface area (Å²) < 4.78 is 19.7. The summed E-state index contributed by atoms with van der Waals surface area (Å²) in [4.78, 5) is 11.7. The fourth-order valence-electron chi connectivity index (χ4n) is 1.81. The molecular formula is C15H13FN4O2S. The maximum atomic E-state index is 12.7. The number of ether oxygens (including phenoxy) is 1. The lowest BCUT2D eigenvalue weighted by atomic mass is 10.3. The number of nitrogens with one attached hydrogen (secondary N) is 1. The Morgan fingerprint density at radius 1 is 1.30 bits per heavy atom. The highest BCUT2D eigenvalue weighted by Crippen LogP contribution is 2.11. The second-order valence-electron chi connectivity index (χ2n) is 4.66. The van der Waals surface area contributed by atoms with E-state index in [0.29, 0.717) is 11.4 Å². The van der Waals surface area contributed by atoms with E-state index in [1.807, 2.05) is 16.8 Å². The number of hydrogen-bond donors (Lipinski definition) is 1. The molecule has 0 spiro atoms. The molecule has 0 saturated heterocycles. The zero-order chi connectivity index (χ0) is 16.1. The third kappa shape index (κ3) is 4.13. The van der Waals surface area contributed by atoms with E-state index >= 15 is 0 Å². The minimum absolute atomic E-state index is 0.149. The molecule has 0 aliphatic rings. The Kier molecular flexibility index (Phi) is 4.62. The predicted octanol–water partition coefficient (Wildman–Crippen LogP) is 2.16. The fraction of sp³-hybridized carbons (Fsp3) is 0.133. The highest BCUT2D eigenvalue weighted by Gasteiger charge is 2.06. The van der Waals surface area contributed by atoms with E-state index in [2.05, 4.69) is 15.6 Å². The van der Waals surface area contributed by atoms with Gasteiger partial charge in [-0.05, 0) is 35.7 Å². The summed E-state index contributed by atoms with van der Waals surface area (Å²) in [6.45, 7) is 0.111. The van der Waals surface area contributed by atoms with E-state index in [1.54, 1.807) is 22.2 Å². The zero-order valence-electron chi connectivity index (χ0n) is 12.0. The average molecular weight is 332 g/mol. The second kappa shape index (κ2) is 7.01. The summed E-state index contributed by atoms with van der Waals surface area (Å²) in [5.41, 5.74) is 1.58. The van der Waals surface area contributed by atoms with Crippen LogP contribution in [-0.2, 0) is 11.3 Å². The van der Waals surface area contributed by atoms with Crippen LogP contribution < -0.4 is 10.1 Å². The van der Waals surface area contributed by atoms with Gasteiger partial charge in [0, 0.05) is 5.38 Å². The monoisotopic (exact) mass is 332 g/mol. The van der Waals surface area contributed by atoms with E-state index in [9.17, 15) is 9.18 Å². The van der Waals surface area contributed by atoms with Crippen LogP contribution in [0.5, 0.6) is 5.75 Å². The maximum Gasteiger partial charge on any atom is 0.258 e. The smallest absolute Gasteiger partial charge is 0.258 e. The van der Waals surface area contributed by atoms with E-state index in [4.69, 9.17) is 4.74 Å². The average Bonchev–Trinajstić information content (AvgIpc) is 3.23. The van der Waals surface area contributed by atoms with Gasteiger partial charge in [0.15, 0.2) is 6.61 Å². The maximum absolute atomic E-state index is 12.7. The number of carbonyl (C=O) groups excluding carboxylic acids is 1. The third-order valence-electron chi connectivity index (χ3n) is 2.96. The van der Waals surface area contributed by atoms with Gasteiger partial charge in [0.1, 0.15) is 17.3 Å². The van der Waals surface area contributed by atoms with Crippen molar-refractivity contribution in [3.63, 3.8) is 0 Å². The predicted molar refractivity (Wildman–Crippen MR) is 83.0 cm³/mol. The van der Waals surface area contributed by atoms with Crippen LogP contribution in [0.2, 0.25) is 0 Å². The van der Waals surface area contributed by atoms with E-state index in [1.165, 1.54) is 24.3 Å². The van der Waals surface area contributed by atoms with Gasteiger partial charge in [0.2, 0.25) is 0 Å². The lowest BCUT2D eigenvalue weighted by molar-refractivity contribution is -0.123. The van der Waals surface area contributed by atoms with E-state index < -0.39 is 0 Å². The molecule has 3 rings (SSSR count). The molecule has 1 aromatic carbocycles. The molecular weight excluding hydrogens is 319 g/mol. The Balaban J connectivity index is 1.46. The molecule has 0 saturated carbocycles. The number of benzene rings is 1. The number of halogens is 1. The van der Waals surface area contributed by atoms with Crippen LogP contribution in [0, 0.1) is 5.82 Å². The quantitative estimate of drug-likeness (QED) is 0.751. The lowest BCUT2D eigenvalue weighted by Crippen LogP contribution is -2.28. The lowest BCUT2D eigenvalue weighted by Gasteiger charge is -2.06. The van der Waals surface area contributed by atoms with Gasteiger partial charge in [-0.25, -0.2) is 9.07 Å². The first kappa shape index (κ1) is 15.2. The number of nitrogens with zero attached hydrogens (tertiary/aromatic N) is 3. The topological polar surface area (TPSA) is 69.0 Å². The molecule has 0 aliphatic carbocycles. The Hall–Kier alpha value is -2.74. The molecule has 3 aromatic rings. The second-order valence-corrected chi connectivity index (χ2v) is 5.44. The molecule has 118 valence electrons. The normalized spacial score (nSPS) is 10.5. The van der Waals surface area contributed by atoms with E-state index in [-0.39, 0.29) is 24.9 Å². The summed E-state index contributed by atoms with van der Waals surface area (Å²) in [5, 5.41) is 14.6. The number of thiophene rings is 1. The van der Waals surface area contributed by atoms with Gasteiger partial charge in [0.05, 0.1) is 18.4 Å². The standard InChI is InChI=1S/C15H13FN4O2S/c16-11-1-3-14(4-2-11)22-9-15(21)17-7-12-8-20(19-18-12)13-5-6-23-10-13/h1-6,8,10H,7,9H2,(H,17,21). The molecule has 0 unspecified atom stereocenters. The molecule has 0 bridgehead atoms. The van der Waals surface area contributed by atoms with Crippen molar-refractivity contribution in [2.24, 2.45) is 0 Å². The SMILES string of the molecule is O=C(COc1ccc(F)cc1)NCc1cn(-c2ccsc2)nn1. The minimum Gasteiger partial charge on any atom is -0.484 e. The van der Waals surface area contributed by atoms with Gasteiger partial charge in [-0.1, -0.05) is 5.21 Å². The van der Waals surface area contributed by atoms with Gasteiger partial charge in [0.25, 0.3) is 5.91 Å². The molecule has 0 fully saturated rings. The molecule has 0 radical (unpaired) electrons. The molecule has 6 nitrogen and oxygen atoms in total. The Bertz CT molecular complexity index is 771. The van der Waals surface area contributed by atoms with Crippen LogP contribution in [0.3, 0.4) is 0 Å². The summed E-state index contributed by atoms with van der Waals surface area (Å²) >= 11 is 1.57. The van der Waals surface area contributed by atoms with Crippen LogP contribution >= 0.6 is 11.3 Å². The third-order valence-corrected chi connectivity index (χ3v) is 3.63. The van der Waals surface area contributed by atoms with Gasteiger partial charge < -0.3 is 10.1 Å². The summed E-state index contributed by atoms with van der Waals surface area (Å²) in [5.74, 6) is -0.208. The first-order chi connectivity index (χ1) is 11.2. The summed E-state index contributed by atoms with van der Waals surface area (Å²) in [6.07, 6.45) is 1.75. The van der Waals surface area contributed by atoms with Crippen molar-refractivity contribution in [2.45, 2.75) is 6.54 Å².